The van der Waals surface area contributed by atoms with Crippen molar-refractivity contribution in [3.8, 4) is 11.1 Å². The van der Waals surface area contributed by atoms with Gasteiger partial charge in [-0.05, 0) is 78.3 Å². The van der Waals surface area contributed by atoms with Crippen molar-refractivity contribution >= 4 is 17.6 Å². The lowest BCUT2D eigenvalue weighted by molar-refractivity contribution is -0.157. The minimum Gasteiger partial charge on any atom is -0.481 e. The molecule has 29 heavy (non-hydrogen) atoms. The molecule has 2 aromatic carbocycles. The van der Waals surface area contributed by atoms with Gasteiger partial charge < -0.3 is 10.4 Å². The van der Waals surface area contributed by atoms with E-state index in [1.54, 1.807) is 0 Å². The first kappa shape index (κ1) is 18.0. The van der Waals surface area contributed by atoms with E-state index >= 15 is 0 Å². The molecule has 1 aliphatic heterocycles. The zero-order valence-corrected chi connectivity index (χ0v) is 17.2. The van der Waals surface area contributed by atoms with Gasteiger partial charge in [-0.1, -0.05) is 41.9 Å². The van der Waals surface area contributed by atoms with Crippen molar-refractivity contribution in [3.05, 3.63) is 58.1 Å². The first-order chi connectivity index (χ1) is 14.0. The van der Waals surface area contributed by atoms with Crippen molar-refractivity contribution in [1.82, 2.24) is 5.32 Å². The molecule has 150 valence electrons. The maximum Gasteiger partial charge on any atom is 0.306 e. The van der Waals surface area contributed by atoms with Crippen LogP contribution in [-0.2, 0) is 11.2 Å². The van der Waals surface area contributed by atoms with Crippen LogP contribution in [0.15, 0.2) is 36.4 Å². The van der Waals surface area contributed by atoms with Crippen LogP contribution in [0.4, 0.5) is 0 Å². The molecule has 2 unspecified atom stereocenters. The molecule has 3 aliphatic carbocycles. The highest BCUT2D eigenvalue weighted by atomic mass is 35.5. The van der Waals surface area contributed by atoms with Crippen molar-refractivity contribution < 1.29 is 9.90 Å². The Kier molecular flexibility index (Phi) is 3.92. The molecule has 2 atom stereocenters. The molecule has 2 N–H and O–H groups in total. The summed E-state index contributed by atoms with van der Waals surface area (Å²) < 4.78 is 0. The highest BCUT2D eigenvalue weighted by Crippen LogP contribution is 2.57. The van der Waals surface area contributed by atoms with Crippen molar-refractivity contribution in [2.24, 2.45) is 11.3 Å². The molecule has 0 amide bonds. The SMILES string of the molecule is O=C(O)C1CC2(CNC2C2CCc3cc(-c4ccc(C5CC5)c(Cl)c4)ccc32)C1. The molecular weight excluding hydrogens is 382 g/mol. The monoisotopic (exact) mass is 407 g/mol. The Morgan fingerprint density at radius 3 is 2.38 bits per heavy atom. The number of carbonyl (C=O) groups is 1. The predicted octanol–water partition coefficient (Wildman–Crippen LogP) is 5.37. The molecule has 1 spiro atoms. The van der Waals surface area contributed by atoms with Gasteiger partial charge >= 0.3 is 5.97 Å². The quantitative estimate of drug-likeness (QED) is 0.716. The van der Waals surface area contributed by atoms with Gasteiger partial charge in [0, 0.05) is 28.9 Å². The molecule has 4 aliphatic rings. The lowest BCUT2D eigenvalue weighted by Crippen LogP contribution is -2.70. The molecule has 1 heterocycles. The van der Waals surface area contributed by atoms with Gasteiger partial charge in [-0.2, -0.15) is 0 Å². The van der Waals surface area contributed by atoms with Crippen LogP contribution in [0.1, 0.15) is 60.6 Å². The Balaban J connectivity index is 1.24. The molecule has 3 nitrogen and oxygen atoms in total. The molecular formula is C25H26ClNO2. The van der Waals surface area contributed by atoms with Gasteiger partial charge in [-0.15, -0.1) is 0 Å². The number of fused-ring (bicyclic) bond motifs is 1. The van der Waals surface area contributed by atoms with Crippen LogP contribution in [-0.4, -0.2) is 23.7 Å². The molecule has 6 rings (SSSR count). The van der Waals surface area contributed by atoms with Crippen LogP contribution in [0.5, 0.6) is 0 Å². The largest absolute Gasteiger partial charge is 0.481 e. The maximum atomic E-state index is 11.3. The number of carboxylic acid groups (broad SMARTS) is 1. The maximum absolute atomic E-state index is 11.3. The van der Waals surface area contributed by atoms with E-state index in [0.29, 0.717) is 17.9 Å². The minimum atomic E-state index is -0.621. The van der Waals surface area contributed by atoms with Crippen LogP contribution in [0.3, 0.4) is 0 Å². The van der Waals surface area contributed by atoms with Gasteiger partial charge in [-0.3, -0.25) is 4.79 Å². The van der Waals surface area contributed by atoms with Gasteiger partial charge in [0.05, 0.1) is 5.92 Å². The summed E-state index contributed by atoms with van der Waals surface area (Å²) in [5.41, 5.74) is 6.89. The molecule has 2 aromatic rings. The van der Waals surface area contributed by atoms with Gasteiger partial charge in [0.15, 0.2) is 0 Å². The number of rotatable bonds is 4. The first-order valence-corrected chi connectivity index (χ1v) is 11.3. The van der Waals surface area contributed by atoms with Crippen molar-refractivity contribution in [2.45, 2.75) is 56.4 Å². The van der Waals surface area contributed by atoms with Crippen LogP contribution in [0, 0.1) is 11.3 Å². The fraction of sp³-hybridized carbons (Fsp3) is 0.480. The van der Waals surface area contributed by atoms with Crippen LogP contribution in [0.25, 0.3) is 11.1 Å². The number of halogens is 1. The van der Waals surface area contributed by atoms with Crippen LogP contribution < -0.4 is 5.32 Å². The molecule has 4 heteroatoms. The summed E-state index contributed by atoms with van der Waals surface area (Å²) in [6, 6.07) is 13.9. The molecule has 2 saturated carbocycles. The molecule has 0 bridgehead atoms. The summed E-state index contributed by atoms with van der Waals surface area (Å²) in [6.45, 7) is 0.983. The number of nitrogens with one attached hydrogen (secondary N) is 1. The fourth-order valence-corrected chi connectivity index (χ4v) is 6.52. The van der Waals surface area contributed by atoms with Crippen LogP contribution >= 0.6 is 11.6 Å². The Labute approximate surface area is 176 Å². The second kappa shape index (κ2) is 6.33. The van der Waals surface area contributed by atoms with E-state index < -0.39 is 5.97 Å². The second-order valence-corrected chi connectivity index (χ2v) is 10.1. The van der Waals surface area contributed by atoms with Gasteiger partial charge in [0.2, 0.25) is 0 Å². The third-order valence-electron chi connectivity index (χ3n) is 8.01. The van der Waals surface area contributed by atoms with Crippen molar-refractivity contribution in [2.75, 3.05) is 6.54 Å². The zero-order valence-electron chi connectivity index (χ0n) is 16.5. The lowest BCUT2D eigenvalue weighted by Gasteiger charge is -2.61. The van der Waals surface area contributed by atoms with E-state index in [9.17, 15) is 9.90 Å². The van der Waals surface area contributed by atoms with Crippen LogP contribution in [0.2, 0.25) is 5.02 Å². The topological polar surface area (TPSA) is 49.3 Å². The summed E-state index contributed by atoms with van der Waals surface area (Å²) >= 11 is 6.56. The Bertz CT molecular complexity index is 1010. The number of hydrogen-bond acceptors (Lipinski definition) is 2. The number of aliphatic carboxylic acids is 1. The summed E-state index contributed by atoms with van der Waals surface area (Å²) in [5.74, 6) is 0.436. The average molecular weight is 408 g/mol. The zero-order chi connectivity index (χ0) is 19.8. The molecule has 3 fully saturated rings. The average Bonchev–Trinajstić information content (AvgIpc) is 3.40. The van der Waals surface area contributed by atoms with E-state index in [2.05, 4.69) is 41.7 Å². The van der Waals surface area contributed by atoms with E-state index in [4.69, 9.17) is 11.6 Å². The first-order valence-electron chi connectivity index (χ1n) is 10.9. The van der Waals surface area contributed by atoms with E-state index in [-0.39, 0.29) is 11.3 Å². The normalized spacial score (nSPS) is 32.5. The molecule has 1 saturated heterocycles. The van der Waals surface area contributed by atoms with E-state index in [1.165, 1.54) is 40.7 Å². The Morgan fingerprint density at radius 1 is 1.03 bits per heavy atom. The predicted molar refractivity (Wildman–Crippen MR) is 115 cm³/mol. The molecule has 0 aromatic heterocycles. The number of hydrogen-bond donors (Lipinski definition) is 2. The smallest absolute Gasteiger partial charge is 0.306 e. The number of carboxylic acids is 1. The van der Waals surface area contributed by atoms with Crippen molar-refractivity contribution in [3.63, 3.8) is 0 Å². The summed E-state index contributed by atoms with van der Waals surface area (Å²) in [5, 5.41) is 13.8. The van der Waals surface area contributed by atoms with Gasteiger partial charge in [-0.25, -0.2) is 0 Å². The highest BCUT2D eigenvalue weighted by molar-refractivity contribution is 6.31. The third kappa shape index (κ3) is 2.78. The van der Waals surface area contributed by atoms with Crippen molar-refractivity contribution in [1.29, 1.82) is 0 Å². The van der Waals surface area contributed by atoms with E-state index in [0.717, 1.165) is 37.3 Å². The third-order valence-corrected chi connectivity index (χ3v) is 8.34. The summed E-state index contributed by atoms with van der Waals surface area (Å²) in [7, 11) is 0. The Morgan fingerprint density at radius 2 is 1.76 bits per heavy atom. The minimum absolute atomic E-state index is 0.133. The second-order valence-electron chi connectivity index (χ2n) is 9.73. The lowest BCUT2D eigenvalue weighted by atomic mass is 9.51. The summed E-state index contributed by atoms with van der Waals surface area (Å²) in [4.78, 5) is 11.3. The van der Waals surface area contributed by atoms with Gasteiger partial charge in [0.1, 0.15) is 0 Å². The molecule has 0 radical (unpaired) electrons. The van der Waals surface area contributed by atoms with E-state index in [1.807, 2.05) is 0 Å². The Hall–Kier alpha value is -1.84. The summed E-state index contributed by atoms with van der Waals surface area (Å²) in [6.07, 6.45) is 6.49. The standard InChI is InChI=1S/C25H26ClNO2/c26-22-10-16(4-7-20(22)14-1-2-14)15-3-6-19-17(9-15)5-8-21(19)23-25(13-27-23)11-18(12-25)24(28)29/h3-4,6-7,9-10,14,18,21,23,27H,1-2,5,8,11-13H2,(H,28,29). The number of aryl methyl sites for hydroxylation is 1. The fourth-order valence-electron chi connectivity index (χ4n) is 6.18. The van der Waals surface area contributed by atoms with Gasteiger partial charge in [0.25, 0.3) is 0 Å². The highest BCUT2D eigenvalue weighted by Gasteiger charge is 2.59. The number of benzene rings is 2.